The van der Waals surface area contributed by atoms with Crippen molar-refractivity contribution in [3.63, 3.8) is 0 Å². The van der Waals surface area contributed by atoms with E-state index in [1.807, 2.05) is 18.2 Å². The highest BCUT2D eigenvalue weighted by molar-refractivity contribution is 7.89. The predicted octanol–water partition coefficient (Wildman–Crippen LogP) is 2.54. The molecular weight excluding hydrogens is 528 g/mol. The first-order valence-electron chi connectivity index (χ1n) is 13.3. The molecule has 1 aliphatic heterocycles. The number of hydrogen-bond acceptors (Lipinski definition) is 6. The van der Waals surface area contributed by atoms with Crippen LogP contribution < -0.4 is 10.6 Å². The minimum absolute atomic E-state index is 0.0383. The molecule has 216 valence electrons. The molecule has 39 heavy (non-hydrogen) atoms. The van der Waals surface area contributed by atoms with Crippen LogP contribution in [-0.2, 0) is 38.9 Å². The first kappa shape index (κ1) is 31.1. The van der Waals surface area contributed by atoms with E-state index >= 15 is 0 Å². The lowest BCUT2D eigenvalue weighted by atomic mass is 10.0. The number of aliphatic hydroxyl groups is 1. The fourth-order valence-electron chi connectivity index (χ4n) is 4.88. The van der Waals surface area contributed by atoms with Crippen LogP contribution in [0.15, 0.2) is 42.5 Å². The van der Waals surface area contributed by atoms with Crippen LogP contribution in [0.25, 0.3) is 0 Å². The number of aliphatic hydroxyl groups excluding tert-OH is 1. The van der Waals surface area contributed by atoms with E-state index in [0.29, 0.717) is 26.1 Å². The number of carbonyl (C=O) groups excluding carboxylic acids is 1. The number of aryl methyl sites for hydroxylation is 1. The monoisotopic (exact) mass is 567 g/mol. The summed E-state index contributed by atoms with van der Waals surface area (Å²) in [6.45, 7) is 3.32. The van der Waals surface area contributed by atoms with Crippen LogP contribution >= 0.6 is 0 Å². The molecule has 8 nitrogen and oxygen atoms in total. The first-order valence-corrected chi connectivity index (χ1v) is 14.9. The van der Waals surface area contributed by atoms with Gasteiger partial charge in [0.2, 0.25) is 15.9 Å². The minimum Gasteiger partial charge on any atom is -0.390 e. The molecule has 3 N–H and O–H groups in total. The van der Waals surface area contributed by atoms with Gasteiger partial charge in [0.15, 0.2) is 0 Å². The molecule has 1 amide bonds. The average molecular weight is 568 g/mol. The van der Waals surface area contributed by atoms with Gasteiger partial charge in [-0.15, -0.1) is 0 Å². The van der Waals surface area contributed by atoms with E-state index in [1.165, 1.54) is 17.0 Å². The summed E-state index contributed by atoms with van der Waals surface area (Å²) in [5, 5.41) is 16.8. The summed E-state index contributed by atoms with van der Waals surface area (Å²) in [5.41, 5.74) is 2.48. The Morgan fingerprint density at radius 1 is 1.15 bits per heavy atom. The first-order chi connectivity index (χ1) is 18.6. The molecule has 0 radical (unpaired) electrons. The van der Waals surface area contributed by atoms with Crippen molar-refractivity contribution in [2.24, 2.45) is 0 Å². The molecule has 0 unspecified atom stereocenters. The van der Waals surface area contributed by atoms with Crippen molar-refractivity contribution in [2.75, 3.05) is 32.6 Å². The van der Waals surface area contributed by atoms with E-state index in [4.69, 9.17) is 4.74 Å². The van der Waals surface area contributed by atoms with Crippen LogP contribution in [0, 0.1) is 11.6 Å². The van der Waals surface area contributed by atoms with Crippen LogP contribution in [0.2, 0.25) is 0 Å². The number of carbonyl (C=O) groups is 1. The molecule has 1 fully saturated rings. The molecule has 0 saturated carbocycles. The van der Waals surface area contributed by atoms with Crippen molar-refractivity contribution in [3.05, 3.63) is 70.8 Å². The Morgan fingerprint density at radius 3 is 2.56 bits per heavy atom. The Balaban J connectivity index is 1.63. The highest BCUT2D eigenvalue weighted by Gasteiger charge is 2.34. The van der Waals surface area contributed by atoms with Crippen molar-refractivity contribution in [1.29, 1.82) is 0 Å². The molecule has 0 bridgehead atoms. The third-order valence-electron chi connectivity index (χ3n) is 6.90. The van der Waals surface area contributed by atoms with Gasteiger partial charge < -0.3 is 20.5 Å². The zero-order chi connectivity index (χ0) is 28.4. The third kappa shape index (κ3) is 9.61. The van der Waals surface area contributed by atoms with Crippen LogP contribution in [0.3, 0.4) is 0 Å². The number of nitrogens with one attached hydrogen (secondary N) is 2. The number of amides is 1. The summed E-state index contributed by atoms with van der Waals surface area (Å²) < 4.78 is 59.9. The number of rotatable bonds is 15. The zero-order valence-corrected chi connectivity index (χ0v) is 23.4. The van der Waals surface area contributed by atoms with Gasteiger partial charge in [-0.2, -0.15) is 4.31 Å². The summed E-state index contributed by atoms with van der Waals surface area (Å²) >= 11 is 0. The van der Waals surface area contributed by atoms with Crippen LogP contribution in [-0.4, -0.2) is 74.5 Å². The molecule has 0 aliphatic carbocycles. The molecule has 1 saturated heterocycles. The molecule has 0 aromatic heterocycles. The lowest BCUT2D eigenvalue weighted by Crippen LogP contribution is -2.49. The largest absolute Gasteiger partial charge is 0.390 e. The summed E-state index contributed by atoms with van der Waals surface area (Å²) in [7, 11) is -2.17. The number of nitrogens with zero attached hydrogens (tertiary/aromatic N) is 1. The van der Waals surface area contributed by atoms with Gasteiger partial charge in [0.05, 0.1) is 24.5 Å². The van der Waals surface area contributed by atoms with Gasteiger partial charge in [-0.1, -0.05) is 31.2 Å². The van der Waals surface area contributed by atoms with Crippen molar-refractivity contribution in [1.82, 2.24) is 14.9 Å². The summed E-state index contributed by atoms with van der Waals surface area (Å²) in [4.78, 5) is 12.8. The number of methoxy groups -OCH3 is 1. The lowest BCUT2D eigenvalue weighted by Gasteiger charge is -2.26. The topological polar surface area (TPSA) is 108 Å². The average Bonchev–Trinajstić information content (AvgIpc) is 3.36. The van der Waals surface area contributed by atoms with Gasteiger partial charge in [-0.05, 0) is 54.5 Å². The summed E-state index contributed by atoms with van der Waals surface area (Å²) in [6, 6.07) is 9.91. The Hall–Kier alpha value is -2.44. The maximum atomic E-state index is 13.8. The molecule has 3 rings (SSSR count). The van der Waals surface area contributed by atoms with E-state index in [9.17, 15) is 27.1 Å². The second kappa shape index (κ2) is 14.8. The van der Waals surface area contributed by atoms with Gasteiger partial charge in [0.25, 0.3) is 0 Å². The van der Waals surface area contributed by atoms with Gasteiger partial charge in [0, 0.05) is 45.3 Å². The highest BCUT2D eigenvalue weighted by atomic mass is 32.2. The number of benzene rings is 2. The van der Waals surface area contributed by atoms with Crippen LogP contribution in [0.1, 0.15) is 42.9 Å². The van der Waals surface area contributed by atoms with E-state index in [1.54, 1.807) is 0 Å². The zero-order valence-electron chi connectivity index (χ0n) is 22.5. The highest BCUT2D eigenvalue weighted by Crippen LogP contribution is 2.22. The molecule has 3 atom stereocenters. The number of sulfonamides is 1. The van der Waals surface area contributed by atoms with E-state index < -0.39 is 39.7 Å². The standard InChI is InChI=1S/C28H39F2N3O5S/c1-3-20-6-4-7-21(12-20)17-31-18-27(34)26(15-22-13-23(29)16-24(30)14-22)32-28(35)9-11-39(36,37)33-10-5-8-25(33)19-38-2/h4,6-7,12-14,16,25-27,31,34H,3,5,8-11,15,17-19H2,1-2H3,(H,32,35)/t25-,26-,27+/m0/s1. The van der Waals surface area contributed by atoms with E-state index in [0.717, 1.165) is 36.6 Å². The summed E-state index contributed by atoms with van der Waals surface area (Å²) in [6.07, 6.45) is 0.881. The fraction of sp³-hybridized carbons (Fsp3) is 0.536. The van der Waals surface area contributed by atoms with Crippen molar-refractivity contribution >= 4 is 15.9 Å². The second-order valence-corrected chi connectivity index (χ2v) is 12.0. The van der Waals surface area contributed by atoms with E-state index in [2.05, 4.69) is 23.6 Å². The summed E-state index contributed by atoms with van der Waals surface area (Å²) in [5.74, 6) is -2.48. The molecule has 11 heteroatoms. The SMILES string of the molecule is CCc1cccc(CNC[C@@H](O)[C@H](Cc2cc(F)cc(F)c2)NC(=O)CCS(=O)(=O)N2CCC[C@H]2COC)c1. The van der Waals surface area contributed by atoms with Gasteiger partial charge >= 0.3 is 0 Å². The maximum Gasteiger partial charge on any atom is 0.221 e. The molecule has 1 aliphatic rings. The molecular formula is C28H39F2N3O5S. The van der Waals surface area contributed by atoms with Crippen molar-refractivity contribution in [3.8, 4) is 0 Å². The van der Waals surface area contributed by atoms with Gasteiger partial charge in [0.1, 0.15) is 11.6 Å². The van der Waals surface area contributed by atoms with Gasteiger partial charge in [-0.3, -0.25) is 4.79 Å². The van der Waals surface area contributed by atoms with E-state index in [-0.39, 0.29) is 36.7 Å². The Labute approximate surface area is 229 Å². The second-order valence-electron chi connectivity index (χ2n) is 9.96. The fourth-order valence-corrected chi connectivity index (χ4v) is 6.59. The van der Waals surface area contributed by atoms with Crippen molar-refractivity contribution in [2.45, 2.75) is 63.8 Å². The van der Waals surface area contributed by atoms with Gasteiger partial charge in [-0.25, -0.2) is 17.2 Å². The Bertz CT molecular complexity index is 1180. The van der Waals surface area contributed by atoms with Crippen molar-refractivity contribution < 1.29 is 31.8 Å². The Kier molecular flexibility index (Phi) is 11.8. The lowest BCUT2D eigenvalue weighted by molar-refractivity contribution is -0.122. The number of hydrogen-bond donors (Lipinski definition) is 3. The molecule has 2 aromatic carbocycles. The quantitative estimate of drug-likeness (QED) is 0.305. The minimum atomic E-state index is -3.68. The third-order valence-corrected chi connectivity index (χ3v) is 8.81. The molecule has 2 aromatic rings. The number of ether oxygens (including phenoxy) is 1. The van der Waals surface area contributed by atoms with Crippen LogP contribution in [0.4, 0.5) is 8.78 Å². The normalized spacial score (nSPS) is 17.7. The molecule has 1 heterocycles. The Morgan fingerprint density at radius 2 is 1.87 bits per heavy atom. The molecule has 0 spiro atoms. The predicted molar refractivity (Wildman–Crippen MR) is 146 cm³/mol. The number of halogens is 2. The smallest absolute Gasteiger partial charge is 0.221 e. The van der Waals surface area contributed by atoms with Crippen LogP contribution in [0.5, 0.6) is 0 Å². The maximum absolute atomic E-state index is 13.8.